The molecule has 0 spiro atoms. The molecule has 0 aliphatic heterocycles. The van der Waals surface area contributed by atoms with Crippen LogP contribution >= 0.6 is 0 Å². The molecule has 9 aromatic rings. The maximum atomic E-state index is 5.02. The van der Waals surface area contributed by atoms with Gasteiger partial charge in [0.25, 0.3) is 0 Å². The van der Waals surface area contributed by atoms with E-state index in [2.05, 4.69) is 182 Å². The van der Waals surface area contributed by atoms with Crippen LogP contribution in [0.3, 0.4) is 0 Å². The molecule has 0 N–H and O–H groups in total. The lowest BCUT2D eigenvalue weighted by Gasteiger charge is -2.20. The Balaban J connectivity index is 1.26. The lowest BCUT2D eigenvalue weighted by Crippen LogP contribution is -1.95. The fraction of sp³-hybridized carbons (Fsp3) is 0.0189. The second-order valence-corrected chi connectivity index (χ2v) is 14.3. The van der Waals surface area contributed by atoms with Gasteiger partial charge in [0.2, 0.25) is 0 Å². The highest BCUT2D eigenvalue weighted by molar-refractivity contribution is 6.22. The van der Waals surface area contributed by atoms with E-state index in [0.29, 0.717) is 0 Å². The molecular weight excluding hydrogens is 637 g/mol. The Hall–Kier alpha value is -6.76. The molecule has 0 radical (unpaired) electrons. The Labute approximate surface area is 310 Å². The minimum Gasteiger partial charge on any atom is -0.0905 e. The molecule has 0 unspecified atom stereocenters. The Bertz CT molecular complexity index is 2930. The highest BCUT2D eigenvalue weighted by atomic mass is 14.4. The SMILES string of the molecule is C=C1c2c(ccc3c2Cc2c-3c(-c3ccccc3)c3ccccc3c2-c2ccccc2)-c2c1c(-c1ccccc1)c1ccccc1c2-c1ccccc1. The van der Waals surface area contributed by atoms with Crippen molar-refractivity contribution in [2.75, 3.05) is 0 Å². The molecule has 246 valence electrons. The molecule has 0 heterocycles. The van der Waals surface area contributed by atoms with Gasteiger partial charge in [-0.25, -0.2) is 0 Å². The zero-order valence-electron chi connectivity index (χ0n) is 29.2. The molecule has 0 saturated carbocycles. The third-order valence-corrected chi connectivity index (χ3v) is 11.6. The van der Waals surface area contributed by atoms with Gasteiger partial charge in [-0.15, -0.1) is 0 Å². The van der Waals surface area contributed by atoms with Crippen molar-refractivity contribution in [3.63, 3.8) is 0 Å². The van der Waals surface area contributed by atoms with E-state index in [9.17, 15) is 0 Å². The summed E-state index contributed by atoms with van der Waals surface area (Å²) in [7, 11) is 0. The lowest BCUT2D eigenvalue weighted by atomic mass is 9.83. The van der Waals surface area contributed by atoms with Crippen molar-refractivity contribution in [3.8, 4) is 66.8 Å². The van der Waals surface area contributed by atoms with Crippen LogP contribution in [0.25, 0.3) is 93.9 Å². The van der Waals surface area contributed by atoms with E-state index >= 15 is 0 Å². The molecule has 0 fully saturated rings. The van der Waals surface area contributed by atoms with Gasteiger partial charge in [-0.3, -0.25) is 0 Å². The first-order valence-electron chi connectivity index (χ1n) is 18.5. The van der Waals surface area contributed by atoms with E-state index in [-0.39, 0.29) is 0 Å². The van der Waals surface area contributed by atoms with Crippen molar-refractivity contribution in [2.24, 2.45) is 0 Å². The van der Waals surface area contributed by atoms with E-state index < -0.39 is 0 Å². The predicted molar refractivity (Wildman–Crippen MR) is 225 cm³/mol. The molecule has 0 amide bonds. The summed E-state index contributed by atoms with van der Waals surface area (Å²) in [5, 5.41) is 5.11. The van der Waals surface area contributed by atoms with Gasteiger partial charge in [-0.1, -0.05) is 189 Å². The molecule has 0 bridgehead atoms. The van der Waals surface area contributed by atoms with E-state index in [1.54, 1.807) is 0 Å². The van der Waals surface area contributed by atoms with Gasteiger partial charge < -0.3 is 0 Å². The standard InChI is InChI=1S/C53H34/c1-33-46-43(53-47(33)49(35-20-8-3-9-21-35)40-28-16-17-29-41(40)51(53)37-24-12-5-13-25-37)31-30-42-44(46)32-45-48(34-18-6-2-7-19-34)38-26-14-15-27-39(38)50(52(42)45)36-22-10-4-11-23-36/h2-31H,1,32H2. The van der Waals surface area contributed by atoms with Gasteiger partial charge >= 0.3 is 0 Å². The summed E-state index contributed by atoms with van der Waals surface area (Å²) in [6, 6.07) is 66.7. The Morgan fingerprint density at radius 1 is 0.264 bits per heavy atom. The van der Waals surface area contributed by atoms with Crippen LogP contribution < -0.4 is 0 Å². The van der Waals surface area contributed by atoms with Crippen LogP contribution in [0.15, 0.2) is 189 Å². The predicted octanol–water partition coefficient (Wildman–Crippen LogP) is 14.3. The molecule has 0 atom stereocenters. The van der Waals surface area contributed by atoms with Crippen LogP contribution in [0.4, 0.5) is 0 Å². The molecule has 2 aliphatic carbocycles. The van der Waals surface area contributed by atoms with Crippen LogP contribution in [-0.2, 0) is 6.42 Å². The molecule has 2 aliphatic rings. The summed E-state index contributed by atoms with van der Waals surface area (Å²) in [5.74, 6) is 0. The average Bonchev–Trinajstić information content (AvgIpc) is 3.75. The van der Waals surface area contributed by atoms with Crippen molar-refractivity contribution in [1.82, 2.24) is 0 Å². The molecule has 0 aromatic heterocycles. The Morgan fingerprint density at radius 3 is 1.09 bits per heavy atom. The number of hydrogen-bond donors (Lipinski definition) is 0. The molecule has 53 heavy (non-hydrogen) atoms. The molecule has 0 saturated heterocycles. The largest absolute Gasteiger partial charge is 0.0905 e. The second kappa shape index (κ2) is 11.6. The van der Waals surface area contributed by atoms with Crippen molar-refractivity contribution in [2.45, 2.75) is 6.42 Å². The minimum absolute atomic E-state index is 0.844. The van der Waals surface area contributed by atoms with Gasteiger partial charge in [0.15, 0.2) is 0 Å². The van der Waals surface area contributed by atoms with Gasteiger partial charge in [0.05, 0.1) is 0 Å². The second-order valence-electron chi connectivity index (χ2n) is 14.3. The lowest BCUT2D eigenvalue weighted by molar-refractivity contribution is 1.26. The van der Waals surface area contributed by atoms with E-state index in [1.807, 2.05) is 0 Å². The molecule has 0 nitrogen and oxygen atoms in total. The van der Waals surface area contributed by atoms with E-state index in [1.165, 1.54) is 111 Å². The van der Waals surface area contributed by atoms with Gasteiger partial charge in [0.1, 0.15) is 0 Å². The van der Waals surface area contributed by atoms with Gasteiger partial charge in [-0.2, -0.15) is 0 Å². The average molecular weight is 671 g/mol. The van der Waals surface area contributed by atoms with Gasteiger partial charge in [-0.05, 0) is 123 Å². The Morgan fingerprint density at radius 2 is 0.623 bits per heavy atom. The quantitative estimate of drug-likeness (QED) is 0.175. The Kier molecular flexibility index (Phi) is 6.57. The first-order valence-corrected chi connectivity index (χ1v) is 18.5. The summed E-state index contributed by atoms with van der Waals surface area (Å²) >= 11 is 0. The fourth-order valence-corrected chi connectivity index (χ4v) is 9.54. The maximum absolute atomic E-state index is 5.02. The van der Waals surface area contributed by atoms with Crippen molar-refractivity contribution in [1.29, 1.82) is 0 Å². The van der Waals surface area contributed by atoms with Crippen LogP contribution in [0.1, 0.15) is 22.3 Å². The minimum atomic E-state index is 0.844. The number of hydrogen-bond acceptors (Lipinski definition) is 0. The third-order valence-electron chi connectivity index (χ3n) is 11.6. The molecular formula is C53H34. The van der Waals surface area contributed by atoms with Crippen LogP contribution in [0.5, 0.6) is 0 Å². The monoisotopic (exact) mass is 670 g/mol. The summed E-state index contributed by atoms with van der Waals surface area (Å²) in [4.78, 5) is 0. The van der Waals surface area contributed by atoms with Gasteiger partial charge in [0, 0.05) is 0 Å². The third kappa shape index (κ3) is 4.30. The summed E-state index contributed by atoms with van der Waals surface area (Å²) in [6.45, 7) is 5.02. The summed E-state index contributed by atoms with van der Waals surface area (Å²) in [6.07, 6.45) is 0.844. The van der Waals surface area contributed by atoms with Crippen LogP contribution in [0, 0.1) is 0 Å². The zero-order chi connectivity index (χ0) is 35.0. The molecule has 11 rings (SSSR count). The normalized spacial score (nSPS) is 12.5. The smallest absolute Gasteiger partial charge is 0.0000436 e. The van der Waals surface area contributed by atoms with Crippen molar-refractivity contribution >= 4 is 27.1 Å². The first-order chi connectivity index (χ1) is 26.3. The first kappa shape index (κ1) is 29.9. The molecule has 0 heteroatoms. The number of rotatable bonds is 4. The van der Waals surface area contributed by atoms with Crippen LogP contribution in [0.2, 0.25) is 0 Å². The van der Waals surface area contributed by atoms with E-state index in [4.69, 9.17) is 6.58 Å². The number of benzene rings is 9. The fourth-order valence-electron chi connectivity index (χ4n) is 9.54. The number of fused-ring (bicyclic) bond motifs is 9. The zero-order valence-corrected chi connectivity index (χ0v) is 29.2. The summed E-state index contributed by atoms with van der Waals surface area (Å²) < 4.78 is 0. The van der Waals surface area contributed by atoms with Crippen LogP contribution in [-0.4, -0.2) is 0 Å². The molecule has 9 aromatic carbocycles. The highest BCUT2D eigenvalue weighted by Gasteiger charge is 2.37. The topological polar surface area (TPSA) is 0 Å². The van der Waals surface area contributed by atoms with E-state index in [0.717, 1.165) is 12.0 Å². The highest BCUT2D eigenvalue weighted by Crippen LogP contribution is 2.60. The summed E-state index contributed by atoms with van der Waals surface area (Å²) in [5.41, 5.74) is 21.9. The van der Waals surface area contributed by atoms with Crippen molar-refractivity contribution in [3.05, 3.63) is 211 Å². The maximum Gasteiger partial charge on any atom is -0.0000436 e. The van der Waals surface area contributed by atoms with Crippen molar-refractivity contribution < 1.29 is 0 Å².